The summed E-state index contributed by atoms with van der Waals surface area (Å²) in [6.07, 6.45) is 3.96. The zero-order chi connectivity index (χ0) is 27.8. The number of azo groups is 2. The van der Waals surface area contributed by atoms with Crippen LogP contribution in [0.4, 0.5) is 33.0 Å². The second-order valence-electron chi connectivity index (χ2n) is 8.41. The summed E-state index contributed by atoms with van der Waals surface area (Å²) >= 11 is 3.15. The van der Waals surface area contributed by atoms with Gasteiger partial charge in [-0.05, 0) is 81.4 Å². The SMILES string of the molecule is C[n+]1ccsc1N=Nc1ccc(N2CCN(c3ccc(N=Nc4scc[n+]4C)cc3)CC2)cc1.O=S(=O)([O-])[O-]. The van der Waals surface area contributed by atoms with Crippen molar-refractivity contribution < 1.29 is 26.7 Å². The van der Waals surface area contributed by atoms with Gasteiger partial charge < -0.3 is 18.9 Å². The van der Waals surface area contributed by atoms with Crippen molar-refractivity contribution in [3.8, 4) is 0 Å². The molecule has 204 valence electrons. The lowest BCUT2D eigenvalue weighted by Crippen LogP contribution is -2.46. The minimum atomic E-state index is -5.17. The topological polar surface area (TPSA) is 144 Å². The summed E-state index contributed by atoms with van der Waals surface area (Å²) in [5.41, 5.74) is 4.16. The molecule has 0 atom stereocenters. The number of hydrogen-bond acceptors (Lipinski definition) is 12. The highest BCUT2D eigenvalue weighted by Crippen LogP contribution is 2.26. The maximum atomic E-state index is 8.52. The fraction of sp³-hybridized carbons (Fsp3) is 0.250. The molecule has 2 aromatic carbocycles. The monoisotopic (exact) mass is 586 g/mol. The quantitative estimate of drug-likeness (QED) is 0.143. The minimum Gasteiger partial charge on any atom is -0.759 e. The van der Waals surface area contributed by atoms with E-state index < -0.39 is 10.4 Å². The fourth-order valence-electron chi connectivity index (χ4n) is 3.73. The van der Waals surface area contributed by atoms with Gasteiger partial charge in [0.25, 0.3) is 0 Å². The molecule has 4 aromatic rings. The summed E-state index contributed by atoms with van der Waals surface area (Å²) in [5.74, 6) is 0. The number of aromatic nitrogens is 2. The molecule has 0 bridgehead atoms. The van der Waals surface area contributed by atoms with Crippen molar-refractivity contribution in [1.82, 2.24) is 0 Å². The molecule has 1 aliphatic rings. The molecule has 0 unspecified atom stereocenters. The van der Waals surface area contributed by atoms with Gasteiger partial charge in [0.2, 0.25) is 0 Å². The summed E-state index contributed by atoms with van der Waals surface area (Å²) in [4.78, 5) is 4.83. The Morgan fingerprint density at radius 2 is 1.00 bits per heavy atom. The Hall–Kier alpha value is -3.63. The molecule has 1 fully saturated rings. The van der Waals surface area contributed by atoms with Crippen LogP contribution in [-0.2, 0) is 24.5 Å². The molecule has 12 nitrogen and oxygen atoms in total. The zero-order valence-corrected chi connectivity index (χ0v) is 23.6. The molecule has 0 saturated carbocycles. The first kappa shape index (κ1) is 28.4. The molecule has 2 aromatic heterocycles. The van der Waals surface area contributed by atoms with E-state index in [9.17, 15) is 0 Å². The maximum absolute atomic E-state index is 8.52. The van der Waals surface area contributed by atoms with E-state index >= 15 is 0 Å². The van der Waals surface area contributed by atoms with Crippen LogP contribution in [0.3, 0.4) is 0 Å². The maximum Gasteiger partial charge on any atom is 0.408 e. The van der Waals surface area contributed by atoms with Crippen LogP contribution < -0.4 is 18.9 Å². The first-order valence-corrected chi connectivity index (χ1v) is 14.8. The van der Waals surface area contributed by atoms with Crippen LogP contribution in [0.2, 0.25) is 0 Å². The van der Waals surface area contributed by atoms with E-state index in [1.807, 2.05) is 70.6 Å². The van der Waals surface area contributed by atoms with Gasteiger partial charge in [-0.15, -0.1) is 0 Å². The normalized spacial score (nSPS) is 14.2. The predicted molar refractivity (Wildman–Crippen MR) is 147 cm³/mol. The zero-order valence-electron chi connectivity index (χ0n) is 21.2. The second-order valence-corrected chi connectivity index (χ2v) is 11.0. The molecule has 0 aliphatic carbocycles. The summed E-state index contributed by atoms with van der Waals surface area (Å²) in [7, 11) is -1.22. The van der Waals surface area contributed by atoms with E-state index in [0.717, 1.165) is 47.8 Å². The van der Waals surface area contributed by atoms with Crippen molar-refractivity contribution in [3.63, 3.8) is 0 Å². The van der Waals surface area contributed by atoms with E-state index in [-0.39, 0.29) is 0 Å². The summed E-state index contributed by atoms with van der Waals surface area (Å²) < 4.78 is 38.0. The largest absolute Gasteiger partial charge is 0.759 e. The Labute approximate surface area is 234 Å². The van der Waals surface area contributed by atoms with Gasteiger partial charge in [-0.2, -0.15) is 0 Å². The third-order valence-electron chi connectivity index (χ3n) is 5.73. The smallest absolute Gasteiger partial charge is 0.408 e. The van der Waals surface area contributed by atoms with Gasteiger partial charge in [-0.25, -0.2) is 9.13 Å². The van der Waals surface area contributed by atoms with Gasteiger partial charge in [0.15, 0.2) is 0 Å². The molecule has 0 radical (unpaired) electrons. The Kier molecular flexibility index (Phi) is 9.42. The highest BCUT2D eigenvalue weighted by atomic mass is 32.3. The van der Waals surface area contributed by atoms with Crippen molar-refractivity contribution in [2.75, 3.05) is 36.0 Å². The second kappa shape index (κ2) is 12.9. The lowest BCUT2D eigenvalue weighted by molar-refractivity contribution is -0.654. The molecule has 3 heterocycles. The first-order valence-electron chi connectivity index (χ1n) is 11.7. The number of nitrogens with zero attached hydrogens (tertiary/aromatic N) is 8. The minimum absolute atomic E-state index is 0.862. The number of rotatable bonds is 6. The molecule has 1 saturated heterocycles. The highest BCUT2D eigenvalue weighted by Gasteiger charge is 2.18. The van der Waals surface area contributed by atoms with Crippen LogP contribution in [0.1, 0.15) is 0 Å². The Balaban J connectivity index is 0.000000648. The first-order chi connectivity index (χ1) is 18.7. The number of thiazole rings is 2. The van der Waals surface area contributed by atoms with E-state index in [1.54, 1.807) is 22.7 Å². The van der Waals surface area contributed by atoms with Crippen LogP contribution in [0, 0.1) is 0 Å². The number of benzene rings is 2. The van der Waals surface area contributed by atoms with Crippen LogP contribution >= 0.6 is 22.7 Å². The molecule has 5 rings (SSSR count). The van der Waals surface area contributed by atoms with Crippen LogP contribution in [0.15, 0.2) is 92.1 Å². The molecule has 0 N–H and O–H groups in total. The van der Waals surface area contributed by atoms with Crippen molar-refractivity contribution >= 4 is 66.1 Å². The summed E-state index contributed by atoms with van der Waals surface area (Å²) in [6.45, 7) is 3.90. The Morgan fingerprint density at radius 1 is 0.667 bits per heavy atom. The lowest BCUT2D eigenvalue weighted by Gasteiger charge is -2.37. The van der Waals surface area contributed by atoms with E-state index in [4.69, 9.17) is 17.5 Å². The number of anilines is 2. The van der Waals surface area contributed by atoms with Crippen molar-refractivity contribution in [3.05, 3.63) is 71.7 Å². The Morgan fingerprint density at radius 3 is 1.28 bits per heavy atom. The molecule has 39 heavy (non-hydrogen) atoms. The van der Waals surface area contributed by atoms with Crippen LogP contribution in [0.25, 0.3) is 0 Å². The van der Waals surface area contributed by atoms with Gasteiger partial charge >= 0.3 is 10.3 Å². The number of aryl methyl sites for hydroxylation is 2. The van der Waals surface area contributed by atoms with E-state index in [0.29, 0.717) is 0 Å². The van der Waals surface area contributed by atoms with Gasteiger partial charge in [0, 0.05) is 58.7 Å². The molecule has 0 amide bonds. The number of hydrogen-bond donors (Lipinski definition) is 0. The molecule has 0 spiro atoms. The van der Waals surface area contributed by atoms with Crippen LogP contribution in [-0.4, -0.2) is 43.7 Å². The lowest BCUT2D eigenvalue weighted by atomic mass is 10.2. The van der Waals surface area contributed by atoms with Gasteiger partial charge in [-0.1, -0.05) is 0 Å². The standard InChI is InChI=1S/C24H26N8S2.H2O4S/c1-29-15-17-33-23(29)27-25-19-3-7-21(8-4-19)31-11-13-32(14-12-31)22-9-5-20(6-10-22)26-28-24-30(2)16-18-34-24;1-5(2,3)4/h3-10,15-18H,11-14H2,1-2H3;(H2,1,2,3,4)/q+2;/p-2. The van der Waals surface area contributed by atoms with Crippen molar-refractivity contribution in [1.29, 1.82) is 0 Å². The van der Waals surface area contributed by atoms with E-state index in [1.165, 1.54) is 11.4 Å². The van der Waals surface area contributed by atoms with Crippen LogP contribution in [0.5, 0.6) is 0 Å². The van der Waals surface area contributed by atoms with Gasteiger partial charge in [-0.3, -0.25) is 8.42 Å². The van der Waals surface area contributed by atoms with E-state index in [2.05, 4.69) is 54.5 Å². The molecular weight excluding hydrogens is 561 g/mol. The van der Waals surface area contributed by atoms with Crippen molar-refractivity contribution in [2.45, 2.75) is 0 Å². The molecule has 1 aliphatic heterocycles. The average Bonchev–Trinajstić information content (AvgIpc) is 3.53. The average molecular weight is 587 g/mol. The summed E-state index contributed by atoms with van der Waals surface area (Å²) in [5, 5.41) is 23.1. The van der Waals surface area contributed by atoms with Crippen molar-refractivity contribution in [2.24, 2.45) is 34.6 Å². The number of piperazine rings is 1. The molecule has 15 heteroatoms. The predicted octanol–water partition coefficient (Wildman–Crippen LogP) is 4.28. The third kappa shape index (κ3) is 8.69. The third-order valence-corrected chi connectivity index (χ3v) is 7.41. The fourth-order valence-corrected chi connectivity index (χ4v) is 5.09. The summed E-state index contributed by atoms with van der Waals surface area (Å²) in [6, 6.07) is 16.6. The highest BCUT2D eigenvalue weighted by molar-refractivity contribution is 7.79. The van der Waals surface area contributed by atoms with Gasteiger partial charge in [0.05, 0.1) is 24.3 Å². The van der Waals surface area contributed by atoms with Gasteiger partial charge in [0.1, 0.15) is 23.8 Å². The Bertz CT molecular complexity index is 1420. The molecular formula is C24H26N8O4S3.